The van der Waals surface area contributed by atoms with Gasteiger partial charge in [0.15, 0.2) is 0 Å². The Balaban J connectivity index is 2.38. The van der Waals surface area contributed by atoms with Crippen LogP contribution in [0.4, 0.5) is 4.79 Å². The lowest BCUT2D eigenvalue weighted by atomic mass is 10.1. The van der Waals surface area contributed by atoms with Gasteiger partial charge in [-0.2, -0.15) is 4.99 Å². The average Bonchev–Trinajstić information content (AvgIpc) is 2.54. The van der Waals surface area contributed by atoms with Crippen LogP contribution in [0.2, 0.25) is 0 Å². The van der Waals surface area contributed by atoms with Crippen molar-refractivity contribution in [3.05, 3.63) is 47.0 Å². The van der Waals surface area contributed by atoms with Crippen molar-refractivity contribution in [2.45, 2.75) is 6.04 Å². The fourth-order valence-corrected chi connectivity index (χ4v) is 2.27. The van der Waals surface area contributed by atoms with Crippen LogP contribution in [0, 0.1) is 0 Å². The van der Waals surface area contributed by atoms with Gasteiger partial charge < -0.3 is 10.6 Å². The van der Waals surface area contributed by atoms with E-state index in [0.717, 1.165) is 10.0 Å². The molecule has 0 bridgehead atoms. The van der Waals surface area contributed by atoms with Gasteiger partial charge in [0.05, 0.1) is 0 Å². The molecule has 1 atom stereocenters. The summed E-state index contributed by atoms with van der Waals surface area (Å²) in [6, 6.07) is 7.08. The highest BCUT2D eigenvalue weighted by Crippen LogP contribution is 2.28. The van der Waals surface area contributed by atoms with Crippen molar-refractivity contribution in [2.24, 2.45) is 10.7 Å². The Hall–Kier alpha value is -1.62. The van der Waals surface area contributed by atoms with Crippen LogP contribution in [0.25, 0.3) is 0 Å². The van der Waals surface area contributed by atoms with E-state index in [2.05, 4.69) is 27.5 Å². The Labute approximate surface area is 108 Å². The van der Waals surface area contributed by atoms with Gasteiger partial charge in [0, 0.05) is 11.0 Å². The summed E-state index contributed by atoms with van der Waals surface area (Å²) in [4.78, 5) is 17.0. The summed E-state index contributed by atoms with van der Waals surface area (Å²) in [7, 11) is 0. The molecule has 0 aliphatic carbocycles. The number of hydrogen-bond acceptors (Lipinski definition) is 2. The second kappa shape index (κ2) is 4.71. The van der Waals surface area contributed by atoms with E-state index in [1.165, 1.54) is 0 Å². The van der Waals surface area contributed by atoms with Crippen LogP contribution in [0.15, 0.2) is 46.4 Å². The van der Waals surface area contributed by atoms with E-state index < -0.39 is 0 Å². The molecule has 1 aromatic rings. The van der Waals surface area contributed by atoms with Crippen molar-refractivity contribution in [1.82, 2.24) is 4.90 Å². The maximum Gasteiger partial charge on any atom is 0.346 e. The minimum atomic E-state index is -0.313. The molecular weight excluding hydrogens is 282 g/mol. The number of urea groups is 1. The van der Waals surface area contributed by atoms with E-state index in [-0.39, 0.29) is 12.1 Å². The van der Waals surface area contributed by atoms with Gasteiger partial charge in [-0.15, -0.1) is 6.58 Å². The summed E-state index contributed by atoms with van der Waals surface area (Å²) in [5, 5.41) is 0. The van der Waals surface area contributed by atoms with Gasteiger partial charge in [-0.3, -0.25) is 0 Å². The van der Waals surface area contributed by atoms with Crippen molar-refractivity contribution in [2.75, 3.05) is 6.54 Å². The molecule has 2 rings (SSSR count). The Morgan fingerprint density at radius 3 is 3.00 bits per heavy atom. The molecule has 5 heteroatoms. The Kier molecular flexibility index (Phi) is 3.28. The van der Waals surface area contributed by atoms with Crippen LogP contribution in [0.3, 0.4) is 0 Å². The van der Waals surface area contributed by atoms with E-state index in [9.17, 15) is 4.79 Å². The number of nitrogens with zero attached hydrogens (tertiary/aromatic N) is 2. The van der Waals surface area contributed by atoms with Crippen LogP contribution in [0.5, 0.6) is 0 Å². The van der Waals surface area contributed by atoms with E-state index in [4.69, 9.17) is 5.73 Å². The summed E-state index contributed by atoms with van der Waals surface area (Å²) >= 11 is 3.40. The van der Waals surface area contributed by atoms with Gasteiger partial charge in [0.2, 0.25) is 0 Å². The molecule has 0 spiro atoms. The molecule has 1 aromatic carbocycles. The summed E-state index contributed by atoms with van der Waals surface area (Å²) < 4.78 is 0.945. The second-order valence-electron chi connectivity index (χ2n) is 3.72. The first-order valence-electron chi connectivity index (χ1n) is 5.14. The first-order valence-corrected chi connectivity index (χ1v) is 5.94. The summed E-state index contributed by atoms with van der Waals surface area (Å²) in [6.45, 7) is 4.07. The van der Waals surface area contributed by atoms with Crippen LogP contribution < -0.4 is 5.73 Å². The molecule has 0 saturated heterocycles. The number of amidine groups is 1. The molecule has 0 fully saturated rings. The summed E-state index contributed by atoms with van der Waals surface area (Å²) in [5.41, 5.74) is 6.75. The zero-order chi connectivity index (χ0) is 12.4. The number of amides is 2. The third-order valence-electron chi connectivity index (χ3n) is 2.55. The monoisotopic (exact) mass is 293 g/mol. The van der Waals surface area contributed by atoms with Crippen molar-refractivity contribution < 1.29 is 4.79 Å². The second-order valence-corrected chi connectivity index (χ2v) is 4.63. The van der Waals surface area contributed by atoms with E-state index >= 15 is 0 Å². The molecule has 17 heavy (non-hydrogen) atoms. The molecule has 0 radical (unpaired) electrons. The largest absolute Gasteiger partial charge is 0.385 e. The summed E-state index contributed by atoms with van der Waals surface area (Å²) in [5.74, 6) is 0.329. The number of hydrogen-bond donors (Lipinski definition) is 1. The SMILES string of the molecule is C=CCN1C(=O)N=C(N)C1c1cccc(Br)c1. The molecule has 1 heterocycles. The maximum atomic E-state index is 11.6. The first kappa shape index (κ1) is 11.9. The Morgan fingerprint density at radius 2 is 2.35 bits per heavy atom. The van der Waals surface area contributed by atoms with Crippen LogP contribution in [0.1, 0.15) is 11.6 Å². The molecule has 1 unspecified atom stereocenters. The van der Waals surface area contributed by atoms with E-state index in [1.54, 1.807) is 11.0 Å². The lowest BCUT2D eigenvalue weighted by Crippen LogP contribution is -2.33. The smallest absolute Gasteiger partial charge is 0.346 e. The van der Waals surface area contributed by atoms with Crippen molar-refractivity contribution in [3.63, 3.8) is 0 Å². The van der Waals surface area contributed by atoms with Gasteiger partial charge >= 0.3 is 6.03 Å². The predicted octanol–water partition coefficient (Wildman–Crippen LogP) is 2.47. The highest BCUT2D eigenvalue weighted by molar-refractivity contribution is 9.10. The highest BCUT2D eigenvalue weighted by Gasteiger charge is 2.33. The van der Waals surface area contributed by atoms with Crippen LogP contribution in [-0.2, 0) is 0 Å². The molecule has 0 saturated carbocycles. The number of aliphatic imine (C=N–C) groups is 1. The Bertz CT molecular complexity index is 498. The van der Waals surface area contributed by atoms with Crippen LogP contribution >= 0.6 is 15.9 Å². The van der Waals surface area contributed by atoms with Crippen molar-refractivity contribution in [3.8, 4) is 0 Å². The molecule has 0 aromatic heterocycles. The number of rotatable bonds is 3. The zero-order valence-corrected chi connectivity index (χ0v) is 10.7. The molecular formula is C12H12BrN3O. The highest BCUT2D eigenvalue weighted by atomic mass is 79.9. The van der Waals surface area contributed by atoms with Crippen LogP contribution in [-0.4, -0.2) is 23.3 Å². The third kappa shape index (κ3) is 2.24. The molecule has 1 aliphatic heterocycles. The number of carbonyl (C=O) groups is 1. The van der Waals surface area contributed by atoms with Gasteiger partial charge in [0.1, 0.15) is 11.9 Å². The van der Waals surface area contributed by atoms with E-state index in [0.29, 0.717) is 12.4 Å². The fourth-order valence-electron chi connectivity index (χ4n) is 1.86. The lowest BCUT2D eigenvalue weighted by Gasteiger charge is -2.23. The molecule has 88 valence electrons. The van der Waals surface area contributed by atoms with Crippen molar-refractivity contribution in [1.29, 1.82) is 0 Å². The van der Waals surface area contributed by atoms with E-state index in [1.807, 2.05) is 24.3 Å². The molecule has 1 aliphatic rings. The number of carbonyl (C=O) groups excluding carboxylic acids is 1. The molecule has 4 nitrogen and oxygen atoms in total. The number of benzene rings is 1. The van der Waals surface area contributed by atoms with Gasteiger partial charge in [-0.05, 0) is 17.7 Å². The number of nitrogens with two attached hydrogens (primary N) is 1. The first-order chi connectivity index (χ1) is 8.13. The predicted molar refractivity (Wildman–Crippen MR) is 70.8 cm³/mol. The normalized spacial score (nSPS) is 19.4. The molecule has 2 amide bonds. The third-order valence-corrected chi connectivity index (χ3v) is 3.05. The maximum absolute atomic E-state index is 11.6. The van der Waals surface area contributed by atoms with Gasteiger partial charge in [0.25, 0.3) is 0 Å². The Morgan fingerprint density at radius 1 is 1.59 bits per heavy atom. The van der Waals surface area contributed by atoms with Gasteiger partial charge in [-0.25, -0.2) is 4.79 Å². The van der Waals surface area contributed by atoms with Gasteiger partial charge in [-0.1, -0.05) is 34.1 Å². The molecule has 2 N–H and O–H groups in total. The zero-order valence-electron chi connectivity index (χ0n) is 9.14. The summed E-state index contributed by atoms with van der Waals surface area (Å²) in [6.07, 6.45) is 1.66. The fraction of sp³-hybridized carbons (Fsp3) is 0.167. The quantitative estimate of drug-likeness (QED) is 0.871. The standard InChI is InChI=1S/C12H12BrN3O/c1-2-6-16-10(11(14)15-12(16)17)8-4-3-5-9(13)7-8/h2-5,7,10H,1,6H2,(H2,14,15,17). The minimum absolute atomic E-state index is 0.294. The minimum Gasteiger partial charge on any atom is -0.385 e. The lowest BCUT2D eigenvalue weighted by molar-refractivity contribution is 0.213. The van der Waals surface area contributed by atoms with Crippen molar-refractivity contribution >= 4 is 27.8 Å². The number of halogens is 1. The average molecular weight is 294 g/mol. The topological polar surface area (TPSA) is 58.7 Å².